The summed E-state index contributed by atoms with van der Waals surface area (Å²) in [4.78, 5) is 21.7. The molecule has 0 spiro atoms. The number of nitrogens with zero attached hydrogens (tertiary/aromatic N) is 3. The van der Waals surface area contributed by atoms with Crippen molar-refractivity contribution in [2.75, 3.05) is 26.3 Å². The lowest BCUT2D eigenvalue weighted by Crippen LogP contribution is -2.26. The van der Waals surface area contributed by atoms with E-state index in [-0.39, 0.29) is 32.0 Å². The van der Waals surface area contributed by atoms with Gasteiger partial charge in [0.05, 0.1) is 23.3 Å². The van der Waals surface area contributed by atoms with Crippen molar-refractivity contribution < 1.29 is 19.7 Å². The number of aliphatic hydroxyl groups excluding tert-OH is 2. The highest BCUT2D eigenvalue weighted by molar-refractivity contribution is 6.32. The molecular formula is C40H39Cl2N5O5. The number of benzene rings is 3. The minimum absolute atomic E-state index is 0.000447. The van der Waals surface area contributed by atoms with E-state index >= 15 is 0 Å². The Hall–Kier alpha value is -4.81. The van der Waals surface area contributed by atoms with Crippen LogP contribution in [0.4, 0.5) is 0 Å². The number of ether oxygens (including phenoxy) is 2. The molecule has 268 valence electrons. The zero-order valence-corrected chi connectivity index (χ0v) is 30.1. The summed E-state index contributed by atoms with van der Waals surface area (Å²) in [6.07, 6.45) is 6.61. The molecule has 0 aliphatic carbocycles. The second-order valence-corrected chi connectivity index (χ2v) is 13.0. The van der Waals surface area contributed by atoms with Gasteiger partial charge in [0, 0.05) is 73.7 Å². The number of pyridine rings is 2. The lowest BCUT2D eigenvalue weighted by Gasteiger charge is -2.17. The molecule has 6 aromatic rings. The van der Waals surface area contributed by atoms with Crippen molar-refractivity contribution in [2.45, 2.75) is 33.2 Å². The smallest absolute Gasteiger partial charge is 0.262 e. The molecule has 0 aliphatic heterocycles. The van der Waals surface area contributed by atoms with Gasteiger partial charge in [-0.2, -0.15) is 0 Å². The van der Waals surface area contributed by atoms with Crippen LogP contribution < -0.4 is 25.7 Å². The van der Waals surface area contributed by atoms with Gasteiger partial charge in [-0.3, -0.25) is 14.2 Å². The van der Waals surface area contributed by atoms with E-state index < -0.39 is 0 Å². The molecule has 0 atom stereocenters. The summed E-state index contributed by atoms with van der Waals surface area (Å²) in [5.41, 5.74) is 8.69. The summed E-state index contributed by atoms with van der Waals surface area (Å²) in [7, 11) is 0. The minimum Gasteiger partial charge on any atom is -0.488 e. The maximum Gasteiger partial charge on any atom is 0.262 e. The van der Waals surface area contributed by atoms with Gasteiger partial charge in [0.15, 0.2) is 0 Å². The highest BCUT2D eigenvalue weighted by atomic mass is 35.5. The summed E-state index contributed by atoms with van der Waals surface area (Å²) >= 11 is 12.8. The standard InChI is InChI=1S/C40H39Cl2N5O5/c1-26-31(25-52-38-18-37(32(16-36(38)42)20-43-9-12-48)51-24-27-14-34(41)23-45-19-27)6-3-7-35(26)30-5-2-4-28(15-30)29-8-11-47-39(17-29)46-22-33(40(47)50)21-44-10-13-49/h2-8,11,14-19,22-23,43-44,48-49H,9-10,12-13,20-21,24-25H2,1H3. The van der Waals surface area contributed by atoms with E-state index in [4.69, 9.17) is 37.8 Å². The van der Waals surface area contributed by atoms with Crippen molar-refractivity contribution in [3.8, 4) is 33.8 Å². The molecule has 10 nitrogen and oxygen atoms in total. The van der Waals surface area contributed by atoms with Crippen LogP contribution in [0.25, 0.3) is 27.9 Å². The molecule has 0 aliphatic rings. The molecule has 3 aromatic heterocycles. The van der Waals surface area contributed by atoms with Crippen molar-refractivity contribution in [2.24, 2.45) is 0 Å². The minimum atomic E-state index is -0.142. The number of hydrogen-bond acceptors (Lipinski definition) is 9. The Kier molecular flexibility index (Phi) is 12.5. The number of nitrogens with one attached hydrogen (secondary N) is 2. The van der Waals surface area contributed by atoms with Gasteiger partial charge >= 0.3 is 0 Å². The molecule has 0 saturated carbocycles. The van der Waals surface area contributed by atoms with E-state index in [0.29, 0.717) is 58.9 Å². The molecule has 4 N–H and O–H groups in total. The van der Waals surface area contributed by atoms with Crippen LogP contribution in [0.15, 0.2) is 102 Å². The molecule has 12 heteroatoms. The van der Waals surface area contributed by atoms with Crippen molar-refractivity contribution >= 4 is 28.8 Å². The second-order valence-electron chi connectivity index (χ2n) is 12.2. The van der Waals surface area contributed by atoms with E-state index in [1.807, 2.05) is 42.5 Å². The number of rotatable bonds is 16. The zero-order chi connectivity index (χ0) is 36.5. The Balaban J connectivity index is 1.21. The van der Waals surface area contributed by atoms with Crippen LogP contribution in [0.3, 0.4) is 0 Å². The van der Waals surface area contributed by atoms with E-state index in [9.17, 15) is 9.90 Å². The highest BCUT2D eigenvalue weighted by Gasteiger charge is 2.15. The number of hydrogen-bond donors (Lipinski definition) is 4. The third-order valence-electron chi connectivity index (χ3n) is 8.60. The number of fused-ring (bicyclic) bond motifs is 1. The van der Waals surface area contributed by atoms with Crippen molar-refractivity contribution in [1.82, 2.24) is 25.0 Å². The maximum atomic E-state index is 13.0. The fourth-order valence-electron chi connectivity index (χ4n) is 5.85. The predicted molar refractivity (Wildman–Crippen MR) is 204 cm³/mol. The molecule has 0 bridgehead atoms. The molecule has 6 rings (SSSR count). The van der Waals surface area contributed by atoms with Gasteiger partial charge in [-0.25, -0.2) is 4.98 Å². The average molecular weight is 741 g/mol. The van der Waals surface area contributed by atoms with Gasteiger partial charge < -0.3 is 30.3 Å². The number of halogens is 2. The first kappa shape index (κ1) is 37.0. The molecule has 3 heterocycles. The molecule has 3 aromatic carbocycles. The van der Waals surface area contributed by atoms with Crippen molar-refractivity contribution in [3.05, 3.63) is 146 Å². The van der Waals surface area contributed by atoms with Gasteiger partial charge in [0.2, 0.25) is 0 Å². The van der Waals surface area contributed by atoms with E-state index in [2.05, 4.69) is 45.7 Å². The van der Waals surface area contributed by atoms with Crippen LogP contribution in [-0.2, 0) is 26.3 Å². The van der Waals surface area contributed by atoms with E-state index in [0.717, 1.165) is 44.5 Å². The Morgan fingerprint density at radius 2 is 1.48 bits per heavy atom. The number of aliphatic hydroxyl groups is 2. The summed E-state index contributed by atoms with van der Waals surface area (Å²) in [6, 6.07) is 23.6. The first-order chi connectivity index (χ1) is 25.3. The SMILES string of the molecule is Cc1c(COc2cc(OCc3cncc(Cl)c3)c(CNCCO)cc2Cl)cccc1-c1cccc(-c2ccn3c(=O)c(CNCCO)cnc3c2)c1. The predicted octanol–water partition coefficient (Wildman–Crippen LogP) is 6.36. The molecule has 0 unspecified atom stereocenters. The Morgan fingerprint density at radius 3 is 2.27 bits per heavy atom. The van der Waals surface area contributed by atoms with E-state index in [1.165, 1.54) is 4.40 Å². The third-order valence-corrected chi connectivity index (χ3v) is 9.10. The molecule has 0 radical (unpaired) electrons. The third kappa shape index (κ3) is 8.97. The summed E-state index contributed by atoms with van der Waals surface area (Å²) in [5, 5.41) is 25.5. The Labute approximate surface area is 311 Å². The molecule has 52 heavy (non-hydrogen) atoms. The molecule has 0 saturated heterocycles. The van der Waals surface area contributed by atoms with E-state index in [1.54, 1.807) is 36.9 Å². The monoisotopic (exact) mass is 739 g/mol. The van der Waals surface area contributed by atoms with Gasteiger partial charge in [-0.05, 0) is 70.6 Å². The normalized spacial score (nSPS) is 11.2. The van der Waals surface area contributed by atoms with Gasteiger partial charge in [-0.15, -0.1) is 0 Å². The molecule has 0 fully saturated rings. The van der Waals surface area contributed by atoms with Crippen LogP contribution in [0.2, 0.25) is 10.0 Å². The maximum absolute atomic E-state index is 13.0. The Bertz CT molecular complexity index is 2230. The highest BCUT2D eigenvalue weighted by Crippen LogP contribution is 2.35. The average Bonchev–Trinajstić information content (AvgIpc) is 3.15. The zero-order valence-electron chi connectivity index (χ0n) is 28.6. The Morgan fingerprint density at radius 1 is 0.750 bits per heavy atom. The quantitative estimate of drug-likeness (QED) is 0.0838. The van der Waals surface area contributed by atoms with Crippen molar-refractivity contribution in [1.29, 1.82) is 0 Å². The summed E-state index contributed by atoms with van der Waals surface area (Å²) < 4.78 is 14.0. The van der Waals surface area contributed by atoms with Gasteiger partial charge in [0.1, 0.15) is 30.4 Å². The molecule has 0 amide bonds. The van der Waals surface area contributed by atoms with Gasteiger partial charge in [-0.1, -0.05) is 59.6 Å². The largest absolute Gasteiger partial charge is 0.488 e. The topological polar surface area (TPSA) is 130 Å². The molecular weight excluding hydrogens is 701 g/mol. The van der Waals surface area contributed by atoms with Crippen molar-refractivity contribution in [3.63, 3.8) is 0 Å². The summed E-state index contributed by atoms with van der Waals surface area (Å²) in [5.74, 6) is 1.08. The first-order valence-corrected chi connectivity index (χ1v) is 17.6. The summed E-state index contributed by atoms with van der Waals surface area (Å²) in [6.45, 7) is 4.23. The van der Waals surface area contributed by atoms with Gasteiger partial charge in [0.25, 0.3) is 5.56 Å². The lowest BCUT2D eigenvalue weighted by atomic mass is 9.94. The first-order valence-electron chi connectivity index (χ1n) is 16.8. The van der Waals surface area contributed by atoms with Crippen LogP contribution in [0.1, 0.15) is 27.8 Å². The van der Waals surface area contributed by atoms with Crippen LogP contribution in [-0.4, -0.2) is 50.9 Å². The van der Waals surface area contributed by atoms with Crippen LogP contribution in [0.5, 0.6) is 11.5 Å². The lowest BCUT2D eigenvalue weighted by molar-refractivity contribution is 0.282. The fraction of sp³-hybridized carbons (Fsp3) is 0.225. The second kappa shape index (κ2) is 17.6. The number of aromatic nitrogens is 3. The van der Waals surface area contributed by atoms with Crippen LogP contribution in [0, 0.1) is 6.92 Å². The fourth-order valence-corrected chi connectivity index (χ4v) is 6.28. The van der Waals surface area contributed by atoms with Crippen LogP contribution >= 0.6 is 23.2 Å².